The van der Waals surface area contributed by atoms with Crippen molar-refractivity contribution >= 4 is 6.29 Å². The quantitative estimate of drug-likeness (QED) is 0.749. The van der Waals surface area contributed by atoms with Gasteiger partial charge < -0.3 is 15.1 Å². The molecule has 1 aliphatic rings. The van der Waals surface area contributed by atoms with Crippen molar-refractivity contribution in [1.82, 2.24) is 10.3 Å². The number of hydrogen-bond acceptors (Lipinski definition) is 2. The lowest BCUT2D eigenvalue weighted by Gasteiger charge is -2.10. The fraction of sp³-hybridized carbons (Fsp3) is 0.588. The van der Waals surface area contributed by atoms with E-state index in [9.17, 15) is 4.79 Å². The number of H-pyrrole nitrogens is 1. The highest BCUT2D eigenvalue weighted by Gasteiger charge is 2.22. The number of rotatable bonds is 7. The first-order chi connectivity index (χ1) is 9.67. The van der Waals surface area contributed by atoms with E-state index in [0.717, 1.165) is 32.1 Å². The van der Waals surface area contributed by atoms with Gasteiger partial charge in [-0.3, -0.25) is 0 Å². The van der Waals surface area contributed by atoms with E-state index in [1.165, 1.54) is 34.5 Å². The van der Waals surface area contributed by atoms with Gasteiger partial charge in [0.05, 0.1) is 0 Å². The third-order valence-electron chi connectivity index (χ3n) is 4.29. The lowest BCUT2D eigenvalue weighted by Crippen LogP contribution is -2.12. The predicted molar refractivity (Wildman–Crippen MR) is 82.7 cm³/mol. The number of aromatic nitrogens is 1. The first kappa shape index (κ1) is 14.9. The molecular weight excluding hydrogens is 248 g/mol. The molecule has 0 amide bonds. The molecule has 0 spiro atoms. The predicted octanol–water partition coefficient (Wildman–Crippen LogP) is 3.29. The molecule has 0 aromatic carbocycles. The molecule has 0 saturated carbocycles. The number of aryl methyl sites for hydroxylation is 1. The molecule has 1 aromatic heterocycles. The molecule has 3 heteroatoms. The molecule has 1 aliphatic heterocycles. The van der Waals surface area contributed by atoms with Crippen LogP contribution in [0.2, 0.25) is 0 Å². The van der Waals surface area contributed by atoms with Gasteiger partial charge in [-0.05, 0) is 42.4 Å². The molecule has 1 aromatic rings. The third-order valence-corrected chi connectivity index (χ3v) is 4.29. The topological polar surface area (TPSA) is 44.9 Å². The Balaban J connectivity index is 2.19. The minimum atomic E-state index is 0.552. The monoisotopic (exact) mass is 274 g/mol. The van der Waals surface area contributed by atoms with Crippen molar-refractivity contribution in [2.45, 2.75) is 52.9 Å². The summed E-state index contributed by atoms with van der Waals surface area (Å²) < 4.78 is 0. The second-order valence-corrected chi connectivity index (χ2v) is 5.85. The Hall–Kier alpha value is -1.51. The Bertz CT molecular complexity index is 499. The Morgan fingerprint density at radius 3 is 2.90 bits per heavy atom. The van der Waals surface area contributed by atoms with E-state index < -0.39 is 0 Å². The molecular formula is C17H26N2O. The summed E-state index contributed by atoms with van der Waals surface area (Å²) in [4.78, 5) is 14.1. The molecule has 0 saturated heterocycles. The van der Waals surface area contributed by atoms with E-state index in [0.29, 0.717) is 12.3 Å². The fourth-order valence-electron chi connectivity index (χ4n) is 3.14. The third kappa shape index (κ3) is 3.14. The summed E-state index contributed by atoms with van der Waals surface area (Å²) in [6.07, 6.45) is 7.93. The molecule has 0 aliphatic carbocycles. The van der Waals surface area contributed by atoms with Gasteiger partial charge in [0.25, 0.3) is 0 Å². The Morgan fingerprint density at radius 2 is 2.20 bits per heavy atom. The highest BCUT2D eigenvalue weighted by molar-refractivity contribution is 5.50. The molecule has 1 unspecified atom stereocenters. The number of allylic oxidation sites excluding steroid dienone is 1. The van der Waals surface area contributed by atoms with Crippen LogP contribution < -0.4 is 5.32 Å². The van der Waals surface area contributed by atoms with Crippen LogP contribution in [0.15, 0.2) is 17.5 Å². The van der Waals surface area contributed by atoms with Crippen molar-refractivity contribution in [3.8, 4) is 0 Å². The number of hydrogen-bond donors (Lipinski definition) is 2. The number of aromatic amines is 1. The molecule has 2 N–H and O–H groups in total. The van der Waals surface area contributed by atoms with E-state index in [1.54, 1.807) is 0 Å². The van der Waals surface area contributed by atoms with Gasteiger partial charge in [0.15, 0.2) is 0 Å². The minimum Gasteiger partial charge on any atom is -0.387 e. The highest BCUT2D eigenvalue weighted by atomic mass is 16.1. The standard InChI is InChI=1S/C17H26N2O/c1-4-6-14-12(2)10-18-16(14)9-17-15(7-5-8-20)13(3)11-19-17/h8,10,13,18-19H,4-7,9,11H2,1-3H3. The zero-order chi connectivity index (χ0) is 14.5. The zero-order valence-electron chi connectivity index (χ0n) is 12.9. The van der Waals surface area contributed by atoms with Gasteiger partial charge in [-0.1, -0.05) is 20.3 Å². The van der Waals surface area contributed by atoms with E-state index in [2.05, 4.69) is 37.3 Å². The minimum absolute atomic E-state index is 0.552. The van der Waals surface area contributed by atoms with Crippen molar-refractivity contribution in [3.63, 3.8) is 0 Å². The summed E-state index contributed by atoms with van der Waals surface area (Å²) in [5.74, 6) is 0.552. The average molecular weight is 274 g/mol. The van der Waals surface area contributed by atoms with E-state index >= 15 is 0 Å². The van der Waals surface area contributed by atoms with E-state index in [4.69, 9.17) is 0 Å². The largest absolute Gasteiger partial charge is 0.387 e. The van der Waals surface area contributed by atoms with E-state index in [1.807, 2.05) is 0 Å². The van der Waals surface area contributed by atoms with Crippen LogP contribution in [0.25, 0.3) is 0 Å². The lowest BCUT2D eigenvalue weighted by atomic mass is 9.96. The molecule has 110 valence electrons. The van der Waals surface area contributed by atoms with Crippen molar-refractivity contribution < 1.29 is 4.79 Å². The summed E-state index contributed by atoms with van der Waals surface area (Å²) in [6, 6.07) is 0. The summed E-state index contributed by atoms with van der Waals surface area (Å²) in [5.41, 5.74) is 6.94. The van der Waals surface area contributed by atoms with Crippen LogP contribution in [0.4, 0.5) is 0 Å². The van der Waals surface area contributed by atoms with Gasteiger partial charge in [0.1, 0.15) is 6.29 Å². The van der Waals surface area contributed by atoms with E-state index in [-0.39, 0.29) is 0 Å². The number of nitrogens with one attached hydrogen (secondary N) is 2. The summed E-state index contributed by atoms with van der Waals surface area (Å²) >= 11 is 0. The molecule has 0 bridgehead atoms. The van der Waals surface area contributed by atoms with Crippen LogP contribution in [0, 0.1) is 12.8 Å². The molecule has 1 atom stereocenters. The first-order valence-corrected chi connectivity index (χ1v) is 7.72. The molecule has 2 rings (SSSR count). The maximum absolute atomic E-state index is 10.6. The average Bonchev–Trinajstić information content (AvgIpc) is 2.95. The summed E-state index contributed by atoms with van der Waals surface area (Å²) in [5, 5.41) is 3.54. The van der Waals surface area contributed by atoms with Crippen LogP contribution >= 0.6 is 0 Å². The number of carbonyl (C=O) groups is 1. The number of aldehydes is 1. The normalized spacial score (nSPS) is 18.4. The van der Waals surface area contributed by atoms with Gasteiger partial charge in [-0.25, -0.2) is 0 Å². The Kier molecular flexibility index (Phi) is 5.05. The van der Waals surface area contributed by atoms with Crippen molar-refractivity contribution in [2.75, 3.05) is 6.54 Å². The Labute approximate surface area is 121 Å². The van der Waals surface area contributed by atoms with Crippen LogP contribution in [0.5, 0.6) is 0 Å². The Morgan fingerprint density at radius 1 is 1.40 bits per heavy atom. The van der Waals surface area contributed by atoms with Gasteiger partial charge >= 0.3 is 0 Å². The first-order valence-electron chi connectivity index (χ1n) is 7.72. The summed E-state index contributed by atoms with van der Waals surface area (Å²) in [7, 11) is 0. The highest BCUT2D eigenvalue weighted by Crippen LogP contribution is 2.28. The SMILES string of the molecule is CCCc1c(C)c[nH]c1CC1=C(CCC=O)C(C)CN1. The van der Waals surface area contributed by atoms with Crippen LogP contribution in [0.1, 0.15) is 49.9 Å². The lowest BCUT2D eigenvalue weighted by molar-refractivity contribution is -0.107. The zero-order valence-corrected chi connectivity index (χ0v) is 12.9. The molecule has 2 heterocycles. The second-order valence-electron chi connectivity index (χ2n) is 5.85. The second kappa shape index (κ2) is 6.78. The van der Waals surface area contributed by atoms with Gasteiger partial charge in [-0.2, -0.15) is 0 Å². The maximum atomic E-state index is 10.6. The molecule has 20 heavy (non-hydrogen) atoms. The van der Waals surface area contributed by atoms with Crippen molar-refractivity contribution in [3.05, 3.63) is 34.3 Å². The number of carbonyl (C=O) groups excluding carboxylic acids is 1. The van der Waals surface area contributed by atoms with Crippen molar-refractivity contribution in [1.29, 1.82) is 0 Å². The van der Waals surface area contributed by atoms with Gasteiger partial charge in [0, 0.05) is 37.0 Å². The smallest absolute Gasteiger partial charge is 0.120 e. The van der Waals surface area contributed by atoms with Crippen molar-refractivity contribution in [2.24, 2.45) is 5.92 Å². The molecule has 0 radical (unpaired) electrons. The van der Waals surface area contributed by atoms with Crippen LogP contribution in [-0.2, 0) is 17.6 Å². The van der Waals surface area contributed by atoms with Crippen LogP contribution in [0.3, 0.4) is 0 Å². The summed E-state index contributed by atoms with van der Waals surface area (Å²) in [6.45, 7) is 7.65. The molecule has 0 fully saturated rings. The van der Waals surface area contributed by atoms with Gasteiger partial charge in [-0.15, -0.1) is 0 Å². The molecule has 3 nitrogen and oxygen atoms in total. The maximum Gasteiger partial charge on any atom is 0.120 e. The van der Waals surface area contributed by atoms with Crippen LogP contribution in [-0.4, -0.2) is 17.8 Å². The van der Waals surface area contributed by atoms with Gasteiger partial charge in [0.2, 0.25) is 0 Å². The fourth-order valence-corrected chi connectivity index (χ4v) is 3.14.